The predicted octanol–water partition coefficient (Wildman–Crippen LogP) is 2.02. The van der Waals surface area contributed by atoms with Crippen LogP contribution in [0, 0.1) is 5.92 Å². The van der Waals surface area contributed by atoms with Gasteiger partial charge in [0.05, 0.1) is 6.10 Å². The van der Waals surface area contributed by atoms with E-state index in [0.29, 0.717) is 11.7 Å². The molecule has 0 amide bonds. The third kappa shape index (κ3) is 4.54. The molecule has 0 atom stereocenters. The number of hydrogen-bond acceptors (Lipinski definition) is 6. The van der Waals surface area contributed by atoms with Crippen molar-refractivity contribution < 1.29 is 5.11 Å². The Bertz CT molecular complexity index is 464. The molecule has 1 aromatic rings. The van der Waals surface area contributed by atoms with Crippen LogP contribution in [0.4, 0.5) is 11.6 Å². The third-order valence-corrected chi connectivity index (χ3v) is 3.93. The van der Waals surface area contributed by atoms with Gasteiger partial charge in [0.2, 0.25) is 0 Å². The molecule has 0 radical (unpaired) electrons. The zero-order chi connectivity index (χ0) is 15.5. The molecule has 5 N–H and O–H groups in total. The lowest BCUT2D eigenvalue weighted by Crippen LogP contribution is -2.25. The first-order chi connectivity index (χ1) is 9.88. The monoisotopic (exact) mass is 293 g/mol. The molecule has 1 saturated carbocycles. The molecule has 2 rings (SSSR count). The van der Waals surface area contributed by atoms with Gasteiger partial charge in [0.15, 0.2) is 0 Å². The second-order valence-corrected chi connectivity index (χ2v) is 6.91. The molecule has 6 heteroatoms. The largest absolute Gasteiger partial charge is 0.393 e. The zero-order valence-electron chi connectivity index (χ0n) is 13.2. The van der Waals surface area contributed by atoms with Crippen molar-refractivity contribution in [2.45, 2.75) is 58.0 Å². The smallest absolute Gasteiger partial charge is 0.145 e. The van der Waals surface area contributed by atoms with Gasteiger partial charge in [-0.25, -0.2) is 15.8 Å². The molecule has 1 aliphatic rings. The molecule has 118 valence electrons. The van der Waals surface area contributed by atoms with Crippen molar-refractivity contribution in [3.05, 3.63) is 11.9 Å². The van der Waals surface area contributed by atoms with E-state index >= 15 is 0 Å². The van der Waals surface area contributed by atoms with Crippen molar-refractivity contribution in [3.63, 3.8) is 0 Å². The number of aliphatic hydroxyl groups is 1. The summed E-state index contributed by atoms with van der Waals surface area (Å²) in [6.07, 6.45) is 3.82. The topological polar surface area (TPSA) is 96.1 Å². The molecule has 1 aliphatic carbocycles. The van der Waals surface area contributed by atoms with Gasteiger partial charge in [-0.15, -0.1) is 0 Å². The number of aliphatic hydroxyl groups excluding tert-OH is 1. The summed E-state index contributed by atoms with van der Waals surface area (Å²) >= 11 is 0. The standard InChI is InChI=1S/C15H27N5O/c1-15(2,3)14-18-12(8-13(19-14)20-16)17-9-10-4-6-11(21)7-5-10/h8,10-11,21H,4-7,9,16H2,1-3H3,(H2,17,18,19,20). The van der Waals surface area contributed by atoms with Crippen LogP contribution in [-0.4, -0.2) is 27.7 Å². The Morgan fingerprint density at radius 2 is 1.81 bits per heavy atom. The fraction of sp³-hybridized carbons (Fsp3) is 0.733. The normalized spacial score (nSPS) is 22.9. The molecule has 6 nitrogen and oxygen atoms in total. The molecule has 0 unspecified atom stereocenters. The molecule has 0 saturated heterocycles. The maximum Gasteiger partial charge on any atom is 0.145 e. The Morgan fingerprint density at radius 3 is 2.38 bits per heavy atom. The second-order valence-electron chi connectivity index (χ2n) is 6.91. The quantitative estimate of drug-likeness (QED) is 0.501. The first-order valence-electron chi connectivity index (χ1n) is 7.66. The molecular formula is C15H27N5O. The van der Waals surface area contributed by atoms with Crippen LogP contribution in [0.3, 0.4) is 0 Å². The lowest BCUT2D eigenvalue weighted by Gasteiger charge is -2.26. The number of hydrogen-bond donors (Lipinski definition) is 4. The number of rotatable bonds is 4. The minimum atomic E-state index is -0.127. The first kappa shape index (κ1) is 16.0. The third-order valence-electron chi connectivity index (χ3n) is 3.93. The Balaban J connectivity index is 2.02. The number of nitrogen functional groups attached to an aromatic ring is 1. The van der Waals surface area contributed by atoms with Gasteiger partial charge in [-0.05, 0) is 31.6 Å². The number of nitrogens with two attached hydrogens (primary N) is 1. The van der Waals surface area contributed by atoms with E-state index in [9.17, 15) is 5.11 Å². The Morgan fingerprint density at radius 1 is 1.19 bits per heavy atom. The summed E-state index contributed by atoms with van der Waals surface area (Å²) in [7, 11) is 0. The van der Waals surface area contributed by atoms with E-state index in [1.165, 1.54) is 0 Å². The van der Waals surface area contributed by atoms with E-state index in [4.69, 9.17) is 5.84 Å². The van der Waals surface area contributed by atoms with Crippen LogP contribution < -0.4 is 16.6 Å². The molecule has 0 spiro atoms. The number of anilines is 2. The van der Waals surface area contributed by atoms with Crippen molar-refractivity contribution in [3.8, 4) is 0 Å². The van der Waals surface area contributed by atoms with Crippen LogP contribution in [0.5, 0.6) is 0 Å². The number of aromatic nitrogens is 2. The Labute approximate surface area is 126 Å². The van der Waals surface area contributed by atoms with E-state index < -0.39 is 0 Å². The highest BCUT2D eigenvalue weighted by Crippen LogP contribution is 2.25. The molecule has 1 fully saturated rings. The number of nitrogens with one attached hydrogen (secondary N) is 2. The van der Waals surface area contributed by atoms with Gasteiger partial charge in [0, 0.05) is 18.0 Å². The minimum absolute atomic E-state index is 0.110. The number of hydrazine groups is 1. The molecule has 1 aromatic heterocycles. The summed E-state index contributed by atoms with van der Waals surface area (Å²) in [5, 5.41) is 12.9. The highest BCUT2D eigenvalue weighted by atomic mass is 16.3. The SMILES string of the molecule is CC(C)(C)c1nc(NN)cc(NCC2CCC(O)CC2)n1. The van der Waals surface area contributed by atoms with Crippen molar-refractivity contribution in [2.75, 3.05) is 17.3 Å². The molecule has 0 aromatic carbocycles. The van der Waals surface area contributed by atoms with Crippen LogP contribution in [0.1, 0.15) is 52.3 Å². The van der Waals surface area contributed by atoms with E-state index in [-0.39, 0.29) is 11.5 Å². The predicted molar refractivity (Wildman–Crippen MR) is 85.0 cm³/mol. The van der Waals surface area contributed by atoms with Gasteiger partial charge >= 0.3 is 0 Å². The summed E-state index contributed by atoms with van der Waals surface area (Å²) < 4.78 is 0. The van der Waals surface area contributed by atoms with Crippen molar-refractivity contribution in [2.24, 2.45) is 11.8 Å². The molecule has 0 bridgehead atoms. The first-order valence-corrected chi connectivity index (χ1v) is 7.66. The minimum Gasteiger partial charge on any atom is -0.393 e. The lowest BCUT2D eigenvalue weighted by atomic mass is 9.87. The summed E-state index contributed by atoms with van der Waals surface area (Å²) in [5.74, 6) is 8.27. The summed E-state index contributed by atoms with van der Waals surface area (Å²) in [4.78, 5) is 8.99. The number of nitrogens with zero attached hydrogens (tertiary/aromatic N) is 2. The van der Waals surface area contributed by atoms with Gasteiger partial charge in [0.1, 0.15) is 17.5 Å². The average Bonchev–Trinajstić information content (AvgIpc) is 2.45. The van der Waals surface area contributed by atoms with E-state index in [0.717, 1.165) is 43.9 Å². The van der Waals surface area contributed by atoms with E-state index in [1.807, 2.05) is 6.07 Å². The maximum absolute atomic E-state index is 9.54. The second kappa shape index (κ2) is 6.58. The fourth-order valence-corrected chi connectivity index (χ4v) is 2.55. The zero-order valence-corrected chi connectivity index (χ0v) is 13.2. The fourth-order valence-electron chi connectivity index (χ4n) is 2.55. The van der Waals surface area contributed by atoms with Crippen LogP contribution in [0.15, 0.2) is 6.07 Å². The van der Waals surface area contributed by atoms with E-state index in [1.54, 1.807) is 0 Å². The average molecular weight is 293 g/mol. The van der Waals surface area contributed by atoms with Crippen LogP contribution in [-0.2, 0) is 5.41 Å². The van der Waals surface area contributed by atoms with Gasteiger partial charge < -0.3 is 15.8 Å². The van der Waals surface area contributed by atoms with Crippen molar-refractivity contribution in [1.29, 1.82) is 0 Å². The van der Waals surface area contributed by atoms with Crippen molar-refractivity contribution >= 4 is 11.6 Å². The molecule has 0 aliphatic heterocycles. The maximum atomic E-state index is 9.54. The molecular weight excluding hydrogens is 266 g/mol. The summed E-state index contributed by atoms with van der Waals surface area (Å²) in [6, 6.07) is 1.83. The summed E-state index contributed by atoms with van der Waals surface area (Å²) in [5.41, 5.74) is 2.47. The van der Waals surface area contributed by atoms with Gasteiger partial charge in [-0.1, -0.05) is 20.8 Å². The molecule has 21 heavy (non-hydrogen) atoms. The van der Waals surface area contributed by atoms with Crippen LogP contribution in [0.25, 0.3) is 0 Å². The molecule has 1 heterocycles. The van der Waals surface area contributed by atoms with Crippen LogP contribution in [0.2, 0.25) is 0 Å². The van der Waals surface area contributed by atoms with Gasteiger partial charge in [-0.3, -0.25) is 0 Å². The lowest BCUT2D eigenvalue weighted by molar-refractivity contribution is 0.111. The van der Waals surface area contributed by atoms with Gasteiger partial charge in [0.25, 0.3) is 0 Å². The Kier molecular flexibility index (Phi) is 5.00. The van der Waals surface area contributed by atoms with Crippen molar-refractivity contribution in [1.82, 2.24) is 9.97 Å². The summed E-state index contributed by atoms with van der Waals surface area (Å²) in [6.45, 7) is 7.11. The van der Waals surface area contributed by atoms with Crippen LogP contribution >= 0.6 is 0 Å². The highest BCUT2D eigenvalue weighted by Gasteiger charge is 2.21. The van der Waals surface area contributed by atoms with Gasteiger partial charge in [-0.2, -0.15) is 0 Å². The highest BCUT2D eigenvalue weighted by molar-refractivity contribution is 5.47. The van der Waals surface area contributed by atoms with E-state index in [2.05, 4.69) is 41.5 Å². The Hall–Kier alpha value is -1.40.